The molecule has 6 heteroatoms. The summed E-state index contributed by atoms with van der Waals surface area (Å²) in [6.07, 6.45) is 1.84. The van der Waals surface area contributed by atoms with Gasteiger partial charge in [0.2, 0.25) is 11.8 Å². The van der Waals surface area contributed by atoms with Crippen LogP contribution in [0.25, 0.3) is 81.7 Å². The van der Waals surface area contributed by atoms with Crippen LogP contribution < -0.4 is 0 Å². The molecule has 0 aliphatic carbocycles. The summed E-state index contributed by atoms with van der Waals surface area (Å²) in [5.74, 6) is 1.23. The van der Waals surface area contributed by atoms with Crippen molar-refractivity contribution in [3.8, 4) is 28.7 Å². The molecule has 9 aromatic rings. The molecule has 0 spiro atoms. The molecule has 0 atom stereocenters. The predicted octanol–water partition coefficient (Wildman–Crippen LogP) is 9.42. The lowest BCUT2D eigenvalue weighted by molar-refractivity contribution is 0.620. The topological polar surface area (TPSA) is 56.7 Å². The molecule has 0 amide bonds. The molecular weight excluding hydrogens is 524 g/mol. The van der Waals surface area contributed by atoms with Gasteiger partial charge in [0.25, 0.3) is 0 Å². The molecule has 9 rings (SSSR count). The molecule has 0 bridgehead atoms. The summed E-state index contributed by atoms with van der Waals surface area (Å²) < 4.78 is 10.8. The van der Waals surface area contributed by atoms with Crippen LogP contribution in [-0.2, 0) is 0 Å². The van der Waals surface area contributed by atoms with E-state index in [0.29, 0.717) is 11.8 Å². The smallest absolute Gasteiger partial charge is 0.235 e. The van der Waals surface area contributed by atoms with E-state index in [1.54, 1.807) is 0 Å². The van der Waals surface area contributed by atoms with Gasteiger partial charge >= 0.3 is 0 Å². The largest absolute Gasteiger partial charge is 0.436 e. The Morgan fingerprint density at radius 2 is 1.46 bits per heavy atom. The molecule has 192 valence electrons. The van der Waals surface area contributed by atoms with Crippen molar-refractivity contribution in [2.75, 3.05) is 0 Å². The summed E-state index contributed by atoms with van der Waals surface area (Å²) in [7, 11) is 0. The van der Waals surface area contributed by atoms with Gasteiger partial charge in [0.15, 0.2) is 5.58 Å². The second-order valence-corrected chi connectivity index (χ2v) is 11.1. The minimum absolute atomic E-state index is 0.595. The van der Waals surface area contributed by atoms with Crippen LogP contribution in [0.1, 0.15) is 0 Å². The lowest BCUT2D eigenvalue weighted by Crippen LogP contribution is -2.01. The molecule has 41 heavy (non-hydrogen) atoms. The van der Waals surface area contributed by atoms with Crippen molar-refractivity contribution in [3.05, 3.63) is 121 Å². The molecule has 0 N–H and O–H groups in total. The van der Waals surface area contributed by atoms with E-state index >= 15 is 0 Å². The van der Waals surface area contributed by atoms with Crippen LogP contribution in [0, 0.1) is 0 Å². The zero-order valence-corrected chi connectivity index (χ0v) is 22.5. The van der Waals surface area contributed by atoms with E-state index in [2.05, 4.69) is 82.3 Å². The van der Waals surface area contributed by atoms with Crippen molar-refractivity contribution in [2.45, 2.75) is 0 Å². The standard InChI is InChI=1S/C35H20N4OS/c1-4-13-28-25(11-1)32-29(17-16-24-23-10-2-6-15-31(23)41-33(24)32)39(28)35-36-19-18-26(38-35)21-8-7-9-22(20-21)34-37-27-12-3-5-14-30(27)40-34/h1-20H. The fourth-order valence-electron chi connectivity index (χ4n) is 5.87. The number of para-hydroxylation sites is 3. The van der Waals surface area contributed by atoms with Gasteiger partial charge in [-0.25, -0.2) is 15.0 Å². The van der Waals surface area contributed by atoms with E-state index in [9.17, 15) is 0 Å². The van der Waals surface area contributed by atoms with Gasteiger partial charge in [-0.3, -0.25) is 4.57 Å². The van der Waals surface area contributed by atoms with Crippen molar-refractivity contribution < 1.29 is 4.42 Å². The second-order valence-electron chi connectivity index (χ2n) is 10.1. The molecule has 0 saturated carbocycles. The van der Waals surface area contributed by atoms with Gasteiger partial charge in [-0.1, -0.05) is 66.7 Å². The van der Waals surface area contributed by atoms with Crippen molar-refractivity contribution in [1.82, 2.24) is 19.5 Å². The Morgan fingerprint density at radius 3 is 2.41 bits per heavy atom. The summed E-state index contributed by atoms with van der Waals surface area (Å²) in [5, 5.41) is 5.02. The number of oxazole rings is 1. The fraction of sp³-hybridized carbons (Fsp3) is 0. The number of benzene rings is 5. The summed E-state index contributed by atoms with van der Waals surface area (Å²) in [6, 6.07) is 39.5. The monoisotopic (exact) mass is 544 g/mol. The SMILES string of the molecule is c1cc(-c2ccnc(-n3c4ccccc4c4c5sc6ccccc6c5ccc43)n2)cc(-c2nc3ccccc3o2)c1. The van der Waals surface area contributed by atoms with E-state index in [4.69, 9.17) is 14.4 Å². The first-order valence-corrected chi connectivity index (χ1v) is 14.3. The molecule has 5 aromatic carbocycles. The lowest BCUT2D eigenvalue weighted by Gasteiger charge is -2.08. The minimum atomic E-state index is 0.595. The quantitative estimate of drug-likeness (QED) is 0.222. The van der Waals surface area contributed by atoms with Crippen LogP contribution in [-0.4, -0.2) is 19.5 Å². The van der Waals surface area contributed by atoms with Crippen LogP contribution in [0.2, 0.25) is 0 Å². The second kappa shape index (κ2) is 8.58. The highest BCUT2D eigenvalue weighted by Crippen LogP contribution is 2.43. The third-order valence-electron chi connectivity index (χ3n) is 7.72. The minimum Gasteiger partial charge on any atom is -0.436 e. The third kappa shape index (κ3) is 3.38. The highest BCUT2D eigenvalue weighted by atomic mass is 32.1. The van der Waals surface area contributed by atoms with Crippen molar-refractivity contribution in [2.24, 2.45) is 0 Å². The summed E-state index contributed by atoms with van der Waals surface area (Å²) in [5.41, 5.74) is 6.52. The van der Waals surface area contributed by atoms with E-state index in [0.717, 1.165) is 39.0 Å². The molecule has 0 saturated heterocycles. The molecular formula is C35H20N4OS. The maximum Gasteiger partial charge on any atom is 0.235 e. The molecule has 0 aliphatic heterocycles. The molecule has 0 radical (unpaired) electrons. The maximum absolute atomic E-state index is 6.03. The van der Waals surface area contributed by atoms with Gasteiger partial charge in [0.05, 0.1) is 16.7 Å². The Bertz CT molecular complexity index is 2420. The maximum atomic E-state index is 6.03. The number of hydrogen-bond acceptors (Lipinski definition) is 5. The molecule has 0 unspecified atom stereocenters. The predicted molar refractivity (Wildman–Crippen MR) is 168 cm³/mol. The van der Waals surface area contributed by atoms with Crippen LogP contribution in [0.5, 0.6) is 0 Å². The number of rotatable bonds is 3. The first-order chi connectivity index (χ1) is 20.3. The van der Waals surface area contributed by atoms with Crippen LogP contribution >= 0.6 is 11.3 Å². The molecule has 4 heterocycles. The summed E-state index contributed by atoms with van der Waals surface area (Å²) in [4.78, 5) is 14.5. The normalized spacial score (nSPS) is 11.9. The Hall–Kier alpha value is -5.33. The Kier molecular flexibility index (Phi) is 4.71. The van der Waals surface area contributed by atoms with Crippen molar-refractivity contribution in [3.63, 3.8) is 0 Å². The first kappa shape index (κ1) is 22.5. The average Bonchev–Trinajstić information content (AvgIpc) is 3.73. The van der Waals surface area contributed by atoms with Gasteiger partial charge < -0.3 is 4.42 Å². The van der Waals surface area contributed by atoms with Crippen molar-refractivity contribution >= 4 is 64.4 Å². The Balaban J connectivity index is 1.23. The van der Waals surface area contributed by atoms with E-state index in [1.807, 2.05) is 60.0 Å². The third-order valence-corrected chi connectivity index (χ3v) is 8.93. The molecule has 4 aromatic heterocycles. The van der Waals surface area contributed by atoms with Gasteiger partial charge in [-0.05, 0) is 48.5 Å². The highest BCUT2D eigenvalue weighted by Gasteiger charge is 2.19. The summed E-state index contributed by atoms with van der Waals surface area (Å²) >= 11 is 1.85. The van der Waals surface area contributed by atoms with Gasteiger partial charge in [-0.15, -0.1) is 11.3 Å². The number of hydrogen-bond donors (Lipinski definition) is 0. The van der Waals surface area contributed by atoms with Gasteiger partial charge in [-0.2, -0.15) is 0 Å². The van der Waals surface area contributed by atoms with Crippen molar-refractivity contribution in [1.29, 1.82) is 0 Å². The molecule has 0 aliphatic rings. The lowest BCUT2D eigenvalue weighted by atomic mass is 10.1. The van der Waals surface area contributed by atoms with Gasteiger partial charge in [0.1, 0.15) is 5.52 Å². The highest BCUT2D eigenvalue weighted by molar-refractivity contribution is 7.26. The number of aromatic nitrogens is 4. The number of nitrogens with zero attached hydrogens (tertiary/aromatic N) is 4. The number of thiophene rings is 1. The zero-order valence-electron chi connectivity index (χ0n) is 21.7. The zero-order chi connectivity index (χ0) is 26.9. The average molecular weight is 545 g/mol. The van der Waals surface area contributed by atoms with Crippen LogP contribution in [0.4, 0.5) is 0 Å². The molecule has 5 nitrogen and oxygen atoms in total. The van der Waals surface area contributed by atoms with E-state index in [-0.39, 0.29) is 0 Å². The fourth-order valence-corrected chi connectivity index (χ4v) is 7.13. The Labute approximate surface area is 238 Å². The first-order valence-electron chi connectivity index (χ1n) is 13.4. The van der Waals surface area contributed by atoms with E-state index in [1.165, 1.54) is 30.9 Å². The van der Waals surface area contributed by atoms with Crippen LogP contribution in [0.3, 0.4) is 0 Å². The van der Waals surface area contributed by atoms with E-state index < -0.39 is 0 Å². The summed E-state index contributed by atoms with van der Waals surface area (Å²) in [6.45, 7) is 0. The number of fused-ring (bicyclic) bond motifs is 8. The van der Waals surface area contributed by atoms with Crippen LogP contribution in [0.15, 0.2) is 126 Å². The Morgan fingerprint density at radius 1 is 0.634 bits per heavy atom. The van der Waals surface area contributed by atoms with Gasteiger partial charge in [0, 0.05) is 48.3 Å². The molecule has 0 fully saturated rings.